The lowest BCUT2D eigenvalue weighted by atomic mass is 10.2. The summed E-state index contributed by atoms with van der Waals surface area (Å²) in [6.45, 7) is 3.10. The molecule has 1 saturated heterocycles. The van der Waals surface area contributed by atoms with Crippen LogP contribution in [0.3, 0.4) is 0 Å². The zero-order valence-electron chi connectivity index (χ0n) is 13.3. The summed E-state index contributed by atoms with van der Waals surface area (Å²) in [7, 11) is -3.62. The molecule has 5 nitrogen and oxygen atoms in total. The number of rotatable bonds is 5. The predicted octanol–water partition coefficient (Wildman–Crippen LogP) is 1.77. The summed E-state index contributed by atoms with van der Waals surface area (Å²) in [6, 6.07) is 9.16. The molecule has 24 heavy (non-hydrogen) atoms. The Bertz CT molecular complexity index is 775. The van der Waals surface area contributed by atoms with E-state index in [9.17, 15) is 12.8 Å². The molecule has 3 rings (SSSR count). The molecule has 0 amide bonds. The normalized spacial score (nSPS) is 17.0. The number of sulfonamides is 1. The highest BCUT2D eigenvalue weighted by Gasteiger charge is 2.28. The number of benzene rings is 1. The predicted molar refractivity (Wildman–Crippen MR) is 89.5 cm³/mol. The second-order valence-electron chi connectivity index (χ2n) is 5.81. The lowest BCUT2D eigenvalue weighted by molar-refractivity contribution is 0.190. The van der Waals surface area contributed by atoms with E-state index in [0.717, 1.165) is 19.0 Å². The minimum atomic E-state index is -3.62. The SMILES string of the molecule is O=S(=O)(c1cccc(F)c1)N1CCN(CCc2ccncc2)CC1. The fourth-order valence-corrected chi connectivity index (χ4v) is 4.26. The zero-order valence-corrected chi connectivity index (χ0v) is 14.1. The van der Waals surface area contributed by atoms with Crippen molar-refractivity contribution in [1.82, 2.24) is 14.2 Å². The van der Waals surface area contributed by atoms with Gasteiger partial charge >= 0.3 is 0 Å². The van der Waals surface area contributed by atoms with Gasteiger partial charge in [-0.15, -0.1) is 0 Å². The van der Waals surface area contributed by atoms with Crippen molar-refractivity contribution >= 4 is 10.0 Å². The summed E-state index contributed by atoms with van der Waals surface area (Å²) in [4.78, 5) is 6.27. The van der Waals surface area contributed by atoms with E-state index in [4.69, 9.17) is 0 Å². The number of nitrogens with zero attached hydrogens (tertiary/aromatic N) is 3. The van der Waals surface area contributed by atoms with E-state index in [0.29, 0.717) is 26.2 Å². The smallest absolute Gasteiger partial charge is 0.243 e. The van der Waals surface area contributed by atoms with Crippen molar-refractivity contribution in [3.8, 4) is 0 Å². The highest BCUT2D eigenvalue weighted by molar-refractivity contribution is 7.89. The first-order valence-electron chi connectivity index (χ1n) is 7.93. The number of halogens is 1. The van der Waals surface area contributed by atoms with Gasteiger partial charge in [0.25, 0.3) is 0 Å². The van der Waals surface area contributed by atoms with Gasteiger partial charge in [0.05, 0.1) is 4.90 Å². The number of piperazine rings is 1. The van der Waals surface area contributed by atoms with E-state index in [1.54, 1.807) is 12.4 Å². The Labute approximate surface area is 141 Å². The molecule has 2 heterocycles. The zero-order chi connectivity index (χ0) is 17.0. The number of pyridine rings is 1. The van der Waals surface area contributed by atoms with Crippen molar-refractivity contribution in [2.75, 3.05) is 32.7 Å². The molecule has 1 aromatic heterocycles. The molecule has 1 aliphatic rings. The molecule has 1 fully saturated rings. The third kappa shape index (κ3) is 3.98. The Hall–Kier alpha value is -1.83. The Balaban J connectivity index is 1.56. The van der Waals surface area contributed by atoms with Crippen LogP contribution in [0, 0.1) is 5.82 Å². The average Bonchev–Trinajstić information content (AvgIpc) is 2.61. The van der Waals surface area contributed by atoms with Crippen LogP contribution in [-0.2, 0) is 16.4 Å². The van der Waals surface area contributed by atoms with Crippen LogP contribution < -0.4 is 0 Å². The topological polar surface area (TPSA) is 53.5 Å². The minimum Gasteiger partial charge on any atom is -0.300 e. The maximum absolute atomic E-state index is 13.3. The van der Waals surface area contributed by atoms with Gasteiger partial charge in [0, 0.05) is 45.1 Å². The molecule has 1 aromatic carbocycles. The third-order valence-corrected chi connectivity index (χ3v) is 6.13. The van der Waals surface area contributed by atoms with Gasteiger partial charge in [-0.25, -0.2) is 12.8 Å². The van der Waals surface area contributed by atoms with Crippen LogP contribution in [0.1, 0.15) is 5.56 Å². The fourth-order valence-electron chi connectivity index (χ4n) is 2.81. The molecule has 0 bridgehead atoms. The van der Waals surface area contributed by atoms with Crippen LogP contribution in [0.2, 0.25) is 0 Å². The highest BCUT2D eigenvalue weighted by atomic mass is 32.2. The van der Waals surface area contributed by atoms with Crippen LogP contribution in [-0.4, -0.2) is 55.3 Å². The fraction of sp³-hybridized carbons (Fsp3) is 0.353. The first kappa shape index (κ1) is 17.0. The van der Waals surface area contributed by atoms with E-state index in [1.807, 2.05) is 12.1 Å². The van der Waals surface area contributed by atoms with Crippen molar-refractivity contribution in [1.29, 1.82) is 0 Å². The van der Waals surface area contributed by atoms with Gasteiger partial charge in [0.2, 0.25) is 10.0 Å². The molecule has 0 spiro atoms. The molecule has 0 radical (unpaired) electrons. The van der Waals surface area contributed by atoms with Gasteiger partial charge in [-0.3, -0.25) is 4.98 Å². The van der Waals surface area contributed by atoms with Crippen LogP contribution in [0.4, 0.5) is 4.39 Å². The van der Waals surface area contributed by atoms with Crippen molar-refractivity contribution in [3.05, 3.63) is 60.2 Å². The molecule has 0 atom stereocenters. The number of hydrogen-bond acceptors (Lipinski definition) is 4. The van der Waals surface area contributed by atoms with E-state index < -0.39 is 15.8 Å². The Morgan fingerprint density at radius 3 is 2.42 bits per heavy atom. The van der Waals surface area contributed by atoms with Crippen molar-refractivity contribution in [3.63, 3.8) is 0 Å². The van der Waals surface area contributed by atoms with Crippen LogP contribution in [0.5, 0.6) is 0 Å². The molecule has 0 N–H and O–H groups in total. The highest BCUT2D eigenvalue weighted by Crippen LogP contribution is 2.18. The minimum absolute atomic E-state index is 0.0211. The number of hydrogen-bond donors (Lipinski definition) is 0. The molecule has 0 unspecified atom stereocenters. The Kier molecular flexibility index (Phi) is 5.23. The Morgan fingerprint density at radius 1 is 1.04 bits per heavy atom. The maximum Gasteiger partial charge on any atom is 0.243 e. The van der Waals surface area contributed by atoms with Gasteiger partial charge < -0.3 is 4.90 Å². The summed E-state index contributed by atoms with van der Waals surface area (Å²) in [6.07, 6.45) is 4.47. The van der Waals surface area contributed by atoms with E-state index in [-0.39, 0.29) is 4.90 Å². The van der Waals surface area contributed by atoms with Gasteiger partial charge in [-0.2, -0.15) is 4.31 Å². The summed E-state index contributed by atoms with van der Waals surface area (Å²) >= 11 is 0. The van der Waals surface area contributed by atoms with E-state index >= 15 is 0 Å². The molecule has 0 aliphatic carbocycles. The maximum atomic E-state index is 13.3. The first-order valence-corrected chi connectivity index (χ1v) is 9.37. The van der Waals surface area contributed by atoms with E-state index in [1.165, 1.54) is 28.1 Å². The Morgan fingerprint density at radius 2 is 1.75 bits per heavy atom. The molecule has 0 saturated carbocycles. The monoisotopic (exact) mass is 349 g/mol. The first-order chi connectivity index (χ1) is 11.6. The van der Waals surface area contributed by atoms with Crippen molar-refractivity contribution < 1.29 is 12.8 Å². The van der Waals surface area contributed by atoms with Gasteiger partial charge in [-0.05, 0) is 42.3 Å². The molecule has 1 aliphatic heterocycles. The molecular weight excluding hydrogens is 329 g/mol. The second-order valence-corrected chi connectivity index (χ2v) is 7.75. The van der Waals surface area contributed by atoms with Crippen molar-refractivity contribution in [2.24, 2.45) is 0 Å². The summed E-state index contributed by atoms with van der Waals surface area (Å²) in [5, 5.41) is 0. The quantitative estimate of drug-likeness (QED) is 0.826. The van der Waals surface area contributed by atoms with Crippen molar-refractivity contribution in [2.45, 2.75) is 11.3 Å². The second kappa shape index (κ2) is 7.38. The summed E-state index contributed by atoms with van der Waals surface area (Å²) in [5.74, 6) is -0.535. The lowest BCUT2D eigenvalue weighted by Gasteiger charge is -2.34. The lowest BCUT2D eigenvalue weighted by Crippen LogP contribution is -2.49. The number of aromatic nitrogens is 1. The molecule has 7 heteroatoms. The third-order valence-electron chi connectivity index (χ3n) is 4.23. The van der Waals surface area contributed by atoms with E-state index in [2.05, 4.69) is 9.88 Å². The standard InChI is InChI=1S/C17H20FN3O2S/c18-16-2-1-3-17(14-16)24(22,23)21-12-10-20(11-13-21)9-6-15-4-7-19-8-5-15/h1-5,7-8,14H,6,9-13H2. The largest absolute Gasteiger partial charge is 0.300 e. The molecule has 2 aromatic rings. The molecular formula is C17H20FN3O2S. The van der Waals surface area contributed by atoms with Crippen LogP contribution >= 0.6 is 0 Å². The summed E-state index contributed by atoms with van der Waals surface area (Å²) in [5.41, 5.74) is 1.22. The molecule has 128 valence electrons. The average molecular weight is 349 g/mol. The van der Waals surface area contributed by atoms with Gasteiger partial charge in [0.1, 0.15) is 5.82 Å². The van der Waals surface area contributed by atoms with Crippen LogP contribution in [0.15, 0.2) is 53.7 Å². The summed E-state index contributed by atoms with van der Waals surface area (Å²) < 4.78 is 39.8. The van der Waals surface area contributed by atoms with Gasteiger partial charge in [-0.1, -0.05) is 6.07 Å². The van der Waals surface area contributed by atoms with Crippen LogP contribution in [0.25, 0.3) is 0 Å². The van der Waals surface area contributed by atoms with Gasteiger partial charge in [0.15, 0.2) is 0 Å².